The highest BCUT2D eigenvalue weighted by Crippen LogP contribution is 2.26. The van der Waals surface area contributed by atoms with Crippen LogP contribution in [0.4, 0.5) is 0 Å². The lowest BCUT2D eigenvalue weighted by Crippen LogP contribution is -2.01. The highest BCUT2D eigenvalue weighted by Gasteiger charge is 2.17. The Bertz CT molecular complexity index is 1020. The fraction of sp³-hybridized carbons (Fsp3) is 0. The molecule has 3 rings (SSSR count). The average Bonchev–Trinajstić information content (AvgIpc) is 2.63. The third kappa shape index (κ3) is 3.87. The van der Waals surface area contributed by atoms with Crippen molar-refractivity contribution >= 4 is 27.4 Å². The summed E-state index contributed by atoms with van der Waals surface area (Å²) in [5, 5.41) is 9.34. The quantitative estimate of drug-likeness (QED) is 0.687. The molecular formula is C19H13ClO5S. The molecule has 0 aromatic heterocycles. The fourth-order valence-electron chi connectivity index (χ4n) is 2.24. The van der Waals surface area contributed by atoms with Gasteiger partial charge in [-0.1, -0.05) is 11.6 Å². The zero-order valence-corrected chi connectivity index (χ0v) is 14.9. The second-order valence-corrected chi connectivity index (χ2v) is 7.75. The molecule has 132 valence electrons. The van der Waals surface area contributed by atoms with Gasteiger partial charge in [-0.3, -0.25) is 0 Å². The van der Waals surface area contributed by atoms with E-state index in [0.717, 1.165) is 0 Å². The van der Waals surface area contributed by atoms with Crippen molar-refractivity contribution in [2.45, 2.75) is 9.79 Å². The number of halogens is 1. The van der Waals surface area contributed by atoms with Gasteiger partial charge in [0.05, 0.1) is 15.4 Å². The molecule has 0 atom stereocenters. The van der Waals surface area contributed by atoms with Crippen LogP contribution in [0.3, 0.4) is 0 Å². The second kappa shape index (κ2) is 7.19. The topological polar surface area (TPSA) is 80.7 Å². The summed E-state index contributed by atoms with van der Waals surface area (Å²) < 4.78 is 30.8. The zero-order valence-electron chi connectivity index (χ0n) is 13.3. The monoisotopic (exact) mass is 388 g/mol. The Morgan fingerprint density at radius 1 is 0.769 bits per heavy atom. The van der Waals surface area contributed by atoms with E-state index in [9.17, 15) is 13.2 Å². The molecule has 0 saturated carbocycles. The van der Waals surface area contributed by atoms with Crippen molar-refractivity contribution in [2.75, 3.05) is 0 Å². The summed E-state index contributed by atoms with van der Waals surface area (Å²) in [6.07, 6.45) is 0. The summed E-state index contributed by atoms with van der Waals surface area (Å²) in [4.78, 5) is 11.1. The van der Waals surface area contributed by atoms with E-state index in [2.05, 4.69) is 0 Å². The third-order valence-corrected chi connectivity index (χ3v) is 5.63. The van der Waals surface area contributed by atoms with Crippen LogP contribution in [0.15, 0.2) is 82.6 Å². The largest absolute Gasteiger partial charge is 0.478 e. The Labute approximate surface area is 155 Å². The first kappa shape index (κ1) is 18.0. The van der Waals surface area contributed by atoms with E-state index in [4.69, 9.17) is 21.4 Å². The van der Waals surface area contributed by atoms with Gasteiger partial charge in [-0.2, -0.15) is 0 Å². The summed E-state index contributed by atoms with van der Waals surface area (Å²) in [6, 6.07) is 17.8. The molecule has 7 heteroatoms. The first-order valence-corrected chi connectivity index (χ1v) is 9.34. The molecule has 0 aliphatic heterocycles. The number of aromatic carboxylic acids is 1. The third-order valence-electron chi connectivity index (χ3n) is 3.59. The van der Waals surface area contributed by atoms with Crippen molar-refractivity contribution in [3.63, 3.8) is 0 Å². The number of benzene rings is 3. The van der Waals surface area contributed by atoms with Crippen molar-refractivity contribution in [3.05, 3.63) is 83.4 Å². The Morgan fingerprint density at radius 3 is 1.65 bits per heavy atom. The number of carboxylic acids is 1. The minimum absolute atomic E-state index is 0.133. The molecule has 0 fully saturated rings. The van der Waals surface area contributed by atoms with Gasteiger partial charge < -0.3 is 9.84 Å². The molecule has 0 unspecified atom stereocenters. The van der Waals surface area contributed by atoms with Crippen molar-refractivity contribution < 1.29 is 23.1 Å². The van der Waals surface area contributed by atoms with Gasteiger partial charge in [-0.05, 0) is 72.8 Å². The Morgan fingerprint density at radius 2 is 1.19 bits per heavy atom. The number of rotatable bonds is 5. The van der Waals surface area contributed by atoms with Crippen molar-refractivity contribution in [3.8, 4) is 11.5 Å². The van der Waals surface area contributed by atoms with Crippen LogP contribution in [0, 0.1) is 0 Å². The number of carbonyl (C=O) groups is 1. The molecule has 0 radical (unpaired) electrons. The van der Waals surface area contributed by atoms with Gasteiger partial charge in [0, 0.05) is 5.02 Å². The molecule has 0 aliphatic rings. The first-order chi connectivity index (χ1) is 12.4. The summed E-state index contributed by atoms with van der Waals surface area (Å²) >= 11 is 5.79. The Hall–Kier alpha value is -2.83. The number of hydrogen-bond donors (Lipinski definition) is 1. The number of hydrogen-bond acceptors (Lipinski definition) is 4. The lowest BCUT2D eigenvalue weighted by Gasteiger charge is -2.08. The van der Waals surface area contributed by atoms with Gasteiger partial charge in [0.25, 0.3) is 0 Å². The molecule has 5 nitrogen and oxygen atoms in total. The Kier molecular flexibility index (Phi) is 4.97. The molecule has 0 aliphatic carbocycles. The minimum atomic E-state index is -3.64. The van der Waals surface area contributed by atoms with Gasteiger partial charge in [-0.15, -0.1) is 0 Å². The van der Waals surface area contributed by atoms with Crippen LogP contribution in [0.5, 0.6) is 11.5 Å². The predicted molar refractivity (Wildman–Crippen MR) is 96.8 cm³/mol. The van der Waals surface area contributed by atoms with E-state index in [1.807, 2.05) is 0 Å². The standard InChI is InChI=1S/C19H13ClO5S/c20-14-3-9-17(10-4-14)26(23,24)18-11-7-16(8-12-18)25-15-5-1-13(2-6-15)19(21)22/h1-12H,(H,21,22). The van der Waals surface area contributed by atoms with Crippen LogP contribution in [0.25, 0.3) is 0 Å². The SMILES string of the molecule is O=C(O)c1ccc(Oc2ccc(S(=O)(=O)c3ccc(Cl)cc3)cc2)cc1. The molecule has 3 aromatic carbocycles. The van der Waals surface area contributed by atoms with E-state index >= 15 is 0 Å². The predicted octanol–water partition coefficient (Wildman–Crippen LogP) is 4.66. The molecule has 0 amide bonds. The molecule has 1 N–H and O–H groups in total. The molecule has 3 aromatic rings. The van der Waals surface area contributed by atoms with Crippen LogP contribution in [0.1, 0.15) is 10.4 Å². The lowest BCUT2D eigenvalue weighted by molar-refractivity contribution is 0.0697. The van der Waals surface area contributed by atoms with E-state index in [1.165, 1.54) is 72.8 Å². The van der Waals surface area contributed by atoms with Gasteiger partial charge in [0.1, 0.15) is 11.5 Å². The lowest BCUT2D eigenvalue weighted by atomic mass is 10.2. The van der Waals surface area contributed by atoms with E-state index in [-0.39, 0.29) is 15.4 Å². The maximum absolute atomic E-state index is 12.6. The fourth-order valence-corrected chi connectivity index (χ4v) is 3.63. The van der Waals surface area contributed by atoms with Crippen molar-refractivity contribution in [1.29, 1.82) is 0 Å². The van der Waals surface area contributed by atoms with Crippen LogP contribution in [0.2, 0.25) is 5.02 Å². The number of sulfone groups is 1. The highest BCUT2D eigenvalue weighted by molar-refractivity contribution is 7.91. The molecular weight excluding hydrogens is 376 g/mol. The number of carboxylic acid groups (broad SMARTS) is 1. The molecule has 0 heterocycles. The average molecular weight is 389 g/mol. The Balaban J connectivity index is 1.79. The van der Waals surface area contributed by atoms with E-state index in [1.54, 1.807) is 0 Å². The normalized spacial score (nSPS) is 11.1. The maximum atomic E-state index is 12.6. The van der Waals surface area contributed by atoms with Crippen LogP contribution in [-0.2, 0) is 9.84 Å². The van der Waals surface area contributed by atoms with Gasteiger partial charge in [0.15, 0.2) is 0 Å². The highest BCUT2D eigenvalue weighted by atomic mass is 35.5. The van der Waals surface area contributed by atoms with Crippen molar-refractivity contribution in [2.24, 2.45) is 0 Å². The van der Waals surface area contributed by atoms with Gasteiger partial charge in [-0.25, -0.2) is 13.2 Å². The van der Waals surface area contributed by atoms with Gasteiger partial charge >= 0.3 is 5.97 Å². The van der Waals surface area contributed by atoms with Crippen LogP contribution < -0.4 is 4.74 Å². The first-order valence-electron chi connectivity index (χ1n) is 7.48. The second-order valence-electron chi connectivity index (χ2n) is 5.36. The summed E-state index contributed by atoms with van der Waals surface area (Å²) in [7, 11) is -3.64. The number of ether oxygens (including phenoxy) is 1. The summed E-state index contributed by atoms with van der Waals surface area (Å²) in [6.45, 7) is 0. The molecule has 26 heavy (non-hydrogen) atoms. The maximum Gasteiger partial charge on any atom is 0.335 e. The smallest absolute Gasteiger partial charge is 0.335 e. The summed E-state index contributed by atoms with van der Waals surface area (Å²) in [5.41, 5.74) is 0.154. The minimum Gasteiger partial charge on any atom is -0.478 e. The zero-order chi connectivity index (χ0) is 18.7. The van der Waals surface area contributed by atoms with Crippen molar-refractivity contribution in [1.82, 2.24) is 0 Å². The van der Waals surface area contributed by atoms with Crippen LogP contribution >= 0.6 is 11.6 Å². The summed E-state index contributed by atoms with van der Waals surface area (Å²) in [5.74, 6) is -0.139. The molecule has 0 spiro atoms. The van der Waals surface area contributed by atoms with E-state index in [0.29, 0.717) is 16.5 Å². The van der Waals surface area contributed by atoms with Crippen LogP contribution in [-0.4, -0.2) is 19.5 Å². The van der Waals surface area contributed by atoms with E-state index < -0.39 is 15.8 Å². The van der Waals surface area contributed by atoms with Gasteiger partial charge in [0.2, 0.25) is 9.84 Å². The molecule has 0 bridgehead atoms. The molecule has 0 saturated heterocycles.